The lowest BCUT2D eigenvalue weighted by Crippen LogP contribution is -2.46. The van der Waals surface area contributed by atoms with Gasteiger partial charge in [0.2, 0.25) is 0 Å². The monoisotopic (exact) mass is 320 g/mol. The van der Waals surface area contributed by atoms with E-state index in [2.05, 4.69) is 0 Å². The number of nitrogens with zero attached hydrogens (tertiary/aromatic N) is 2. The van der Waals surface area contributed by atoms with Crippen LogP contribution in [0.1, 0.15) is 16.1 Å². The van der Waals surface area contributed by atoms with Crippen LogP contribution in [0.25, 0.3) is 5.69 Å². The molecule has 0 radical (unpaired) electrons. The Bertz CT molecular complexity index is 665. The number of rotatable bonds is 4. The van der Waals surface area contributed by atoms with Gasteiger partial charge in [0.25, 0.3) is 5.91 Å². The number of amides is 1. The number of carboxylic acids is 1. The molecular formula is C15H16N2O4S. The van der Waals surface area contributed by atoms with E-state index >= 15 is 0 Å². The Morgan fingerprint density at radius 3 is 2.86 bits per heavy atom. The second-order valence-corrected chi connectivity index (χ2v) is 5.98. The maximum Gasteiger partial charge on any atom is 0.306 e. The zero-order valence-corrected chi connectivity index (χ0v) is 12.7. The lowest BCUT2D eigenvalue weighted by atomic mass is 10.2. The van der Waals surface area contributed by atoms with Crippen molar-refractivity contribution in [1.29, 1.82) is 0 Å². The summed E-state index contributed by atoms with van der Waals surface area (Å²) in [7, 11) is 0. The van der Waals surface area contributed by atoms with Crippen LogP contribution >= 0.6 is 11.3 Å². The van der Waals surface area contributed by atoms with Gasteiger partial charge in [-0.15, -0.1) is 11.3 Å². The molecule has 22 heavy (non-hydrogen) atoms. The molecule has 1 aliphatic rings. The molecule has 1 amide bonds. The van der Waals surface area contributed by atoms with Gasteiger partial charge in [0.15, 0.2) is 0 Å². The molecule has 1 fully saturated rings. The number of carbonyl (C=O) groups is 2. The highest BCUT2D eigenvalue weighted by Gasteiger charge is 2.28. The molecule has 0 aromatic carbocycles. The molecule has 0 spiro atoms. The van der Waals surface area contributed by atoms with E-state index in [1.165, 1.54) is 11.3 Å². The van der Waals surface area contributed by atoms with Crippen LogP contribution in [0.3, 0.4) is 0 Å². The summed E-state index contributed by atoms with van der Waals surface area (Å²) in [4.78, 5) is 25.9. The second kappa shape index (κ2) is 6.33. The molecule has 2 aromatic rings. The normalized spacial score (nSPS) is 18.4. The highest BCUT2D eigenvalue weighted by molar-refractivity contribution is 7.12. The van der Waals surface area contributed by atoms with Gasteiger partial charge in [-0.2, -0.15) is 0 Å². The summed E-state index contributed by atoms with van der Waals surface area (Å²) in [6, 6.07) is 5.72. The lowest BCUT2D eigenvalue weighted by molar-refractivity contribution is -0.141. The fourth-order valence-corrected chi connectivity index (χ4v) is 3.38. The molecule has 0 saturated carbocycles. The van der Waals surface area contributed by atoms with Crippen molar-refractivity contribution in [3.8, 4) is 5.69 Å². The first-order valence-electron chi connectivity index (χ1n) is 6.98. The number of thiophene rings is 1. The Hall–Kier alpha value is -2.12. The van der Waals surface area contributed by atoms with Crippen LogP contribution in [0, 0.1) is 0 Å². The maximum absolute atomic E-state index is 12.7. The smallest absolute Gasteiger partial charge is 0.306 e. The van der Waals surface area contributed by atoms with Crippen molar-refractivity contribution < 1.29 is 19.4 Å². The van der Waals surface area contributed by atoms with Crippen LogP contribution in [-0.4, -0.2) is 52.3 Å². The first kappa shape index (κ1) is 14.8. The van der Waals surface area contributed by atoms with Crippen LogP contribution in [-0.2, 0) is 9.53 Å². The van der Waals surface area contributed by atoms with E-state index in [0.717, 1.165) is 5.69 Å². The summed E-state index contributed by atoms with van der Waals surface area (Å²) in [6.45, 7) is 1.17. The molecule has 2 aromatic heterocycles. The second-order valence-electron chi connectivity index (χ2n) is 5.07. The van der Waals surface area contributed by atoms with Gasteiger partial charge in [0, 0.05) is 25.5 Å². The van der Waals surface area contributed by atoms with Gasteiger partial charge >= 0.3 is 5.97 Å². The fraction of sp³-hybridized carbons (Fsp3) is 0.333. The van der Waals surface area contributed by atoms with Gasteiger partial charge in [0.1, 0.15) is 4.88 Å². The standard InChI is InChI=1S/C15H16N2O4S/c18-13(19)9-11-10-17(6-7-21-11)15(20)14-12(3-8-22-14)16-4-1-2-5-16/h1-5,8,11H,6-7,9-10H2,(H,18,19). The average molecular weight is 320 g/mol. The molecule has 1 aliphatic heterocycles. The Morgan fingerprint density at radius 2 is 2.14 bits per heavy atom. The molecule has 1 atom stereocenters. The summed E-state index contributed by atoms with van der Waals surface area (Å²) in [5.74, 6) is -0.985. The Balaban J connectivity index is 1.77. The van der Waals surface area contributed by atoms with Gasteiger partial charge in [-0.1, -0.05) is 0 Å². The summed E-state index contributed by atoms with van der Waals surface area (Å²) >= 11 is 1.40. The summed E-state index contributed by atoms with van der Waals surface area (Å²) in [5, 5.41) is 10.7. The van der Waals surface area contributed by atoms with Crippen LogP contribution in [0.2, 0.25) is 0 Å². The van der Waals surface area contributed by atoms with Crippen LogP contribution in [0.15, 0.2) is 36.0 Å². The van der Waals surface area contributed by atoms with E-state index in [9.17, 15) is 9.59 Å². The summed E-state index contributed by atoms with van der Waals surface area (Å²) in [5.41, 5.74) is 0.848. The quantitative estimate of drug-likeness (QED) is 0.933. The molecule has 7 heteroatoms. The van der Waals surface area contributed by atoms with Crippen LogP contribution in [0.4, 0.5) is 0 Å². The minimum Gasteiger partial charge on any atom is -0.481 e. The fourth-order valence-electron chi connectivity index (χ4n) is 2.53. The van der Waals surface area contributed by atoms with Gasteiger partial charge in [-0.25, -0.2) is 0 Å². The first-order valence-corrected chi connectivity index (χ1v) is 7.86. The SMILES string of the molecule is O=C(O)CC1CN(C(=O)c2sccc2-n2cccc2)CCO1. The third-order valence-electron chi connectivity index (χ3n) is 3.55. The number of hydrogen-bond acceptors (Lipinski definition) is 4. The molecule has 6 nitrogen and oxygen atoms in total. The number of carbonyl (C=O) groups excluding carboxylic acids is 1. The molecule has 1 unspecified atom stereocenters. The summed E-state index contributed by atoms with van der Waals surface area (Å²) < 4.78 is 7.31. The van der Waals surface area contributed by atoms with Crippen molar-refractivity contribution in [2.24, 2.45) is 0 Å². The number of morpholine rings is 1. The highest BCUT2D eigenvalue weighted by atomic mass is 32.1. The number of carboxylic acid groups (broad SMARTS) is 1. The minimum atomic E-state index is -0.913. The molecule has 116 valence electrons. The number of aliphatic carboxylic acids is 1. The Kier molecular flexibility index (Phi) is 4.26. The third-order valence-corrected chi connectivity index (χ3v) is 4.44. The lowest BCUT2D eigenvalue weighted by Gasteiger charge is -2.32. The maximum atomic E-state index is 12.7. The van der Waals surface area contributed by atoms with Crippen molar-refractivity contribution in [2.75, 3.05) is 19.7 Å². The van der Waals surface area contributed by atoms with Crippen molar-refractivity contribution >= 4 is 23.2 Å². The third kappa shape index (κ3) is 3.05. The number of ether oxygens (including phenoxy) is 1. The molecule has 1 saturated heterocycles. The first-order chi connectivity index (χ1) is 10.6. The average Bonchev–Trinajstić information content (AvgIpc) is 3.16. The van der Waals surface area contributed by atoms with Crippen LogP contribution < -0.4 is 0 Å². The van der Waals surface area contributed by atoms with Gasteiger partial charge in [0.05, 0.1) is 24.8 Å². The van der Waals surface area contributed by atoms with Crippen molar-refractivity contribution in [3.63, 3.8) is 0 Å². The van der Waals surface area contributed by atoms with E-state index in [-0.39, 0.29) is 12.3 Å². The van der Waals surface area contributed by atoms with E-state index in [1.54, 1.807) is 4.90 Å². The molecular weight excluding hydrogens is 304 g/mol. The molecule has 1 N–H and O–H groups in total. The molecule has 0 aliphatic carbocycles. The summed E-state index contributed by atoms with van der Waals surface area (Å²) in [6.07, 6.45) is 3.26. The molecule has 3 rings (SSSR count). The van der Waals surface area contributed by atoms with E-state index in [1.807, 2.05) is 40.5 Å². The van der Waals surface area contributed by atoms with Crippen LogP contribution in [0.5, 0.6) is 0 Å². The Labute approximate surface area is 131 Å². The largest absolute Gasteiger partial charge is 0.481 e. The zero-order valence-electron chi connectivity index (χ0n) is 11.8. The predicted octanol–water partition coefficient (Wildman–Crippen LogP) is 1.85. The predicted molar refractivity (Wildman–Crippen MR) is 81.5 cm³/mol. The van der Waals surface area contributed by atoms with Crippen molar-refractivity contribution in [3.05, 3.63) is 40.8 Å². The van der Waals surface area contributed by atoms with Crippen molar-refractivity contribution in [1.82, 2.24) is 9.47 Å². The van der Waals surface area contributed by atoms with E-state index in [4.69, 9.17) is 9.84 Å². The molecule has 0 bridgehead atoms. The van der Waals surface area contributed by atoms with Gasteiger partial charge < -0.3 is 19.3 Å². The highest BCUT2D eigenvalue weighted by Crippen LogP contribution is 2.24. The van der Waals surface area contributed by atoms with Gasteiger partial charge in [-0.05, 0) is 23.6 Å². The zero-order chi connectivity index (χ0) is 15.5. The topological polar surface area (TPSA) is 71.8 Å². The Morgan fingerprint density at radius 1 is 1.36 bits per heavy atom. The molecule has 3 heterocycles. The number of hydrogen-bond donors (Lipinski definition) is 1. The number of aromatic nitrogens is 1. The van der Waals surface area contributed by atoms with Gasteiger partial charge in [-0.3, -0.25) is 9.59 Å². The minimum absolute atomic E-state index is 0.0719. The van der Waals surface area contributed by atoms with Crippen molar-refractivity contribution in [2.45, 2.75) is 12.5 Å². The van der Waals surface area contributed by atoms with E-state index in [0.29, 0.717) is 24.6 Å². The van der Waals surface area contributed by atoms with E-state index < -0.39 is 12.1 Å².